The van der Waals surface area contributed by atoms with E-state index in [9.17, 15) is 0 Å². The minimum absolute atomic E-state index is 0.530. The summed E-state index contributed by atoms with van der Waals surface area (Å²) >= 11 is 5.06. The van der Waals surface area contributed by atoms with Crippen LogP contribution in [0.3, 0.4) is 0 Å². The van der Waals surface area contributed by atoms with Crippen molar-refractivity contribution >= 4 is 23.0 Å². The Hall–Kier alpha value is -2.21. The van der Waals surface area contributed by atoms with E-state index in [-0.39, 0.29) is 0 Å². The average molecular weight is 287 g/mol. The average Bonchev–Trinajstić information content (AvgIpc) is 2.99. The Labute approximate surface area is 123 Å². The highest BCUT2D eigenvalue weighted by atomic mass is 32.1. The molecule has 104 valence electrons. The standard InChI is InChI=1S/C14H17N5S/c1-3-16-14(20)18-17-11(2)12-4-6-13(7-5-12)19-9-8-15-10-19/h4-10H,3H2,1-2H3,(H2,16,18,20). The summed E-state index contributed by atoms with van der Waals surface area (Å²) in [7, 11) is 0. The van der Waals surface area contributed by atoms with Gasteiger partial charge in [-0.3, -0.25) is 5.43 Å². The van der Waals surface area contributed by atoms with Gasteiger partial charge in [0.05, 0.1) is 12.0 Å². The van der Waals surface area contributed by atoms with Crippen molar-refractivity contribution in [2.75, 3.05) is 6.54 Å². The second kappa shape index (κ2) is 6.81. The molecule has 0 aliphatic heterocycles. The molecule has 0 saturated carbocycles. The van der Waals surface area contributed by atoms with Crippen molar-refractivity contribution in [2.24, 2.45) is 5.10 Å². The van der Waals surface area contributed by atoms with Crippen LogP contribution < -0.4 is 10.7 Å². The highest BCUT2D eigenvalue weighted by Crippen LogP contribution is 2.09. The first kappa shape index (κ1) is 14.2. The predicted octanol–water partition coefficient (Wildman–Crippen LogP) is 2.08. The topological polar surface area (TPSA) is 54.2 Å². The van der Waals surface area contributed by atoms with E-state index in [1.165, 1.54) is 0 Å². The molecule has 0 aliphatic rings. The van der Waals surface area contributed by atoms with Crippen LogP contribution in [-0.4, -0.2) is 26.9 Å². The Balaban J connectivity index is 2.06. The number of hydrogen-bond acceptors (Lipinski definition) is 3. The minimum atomic E-state index is 0.530. The number of aromatic nitrogens is 2. The smallest absolute Gasteiger partial charge is 0.186 e. The molecule has 2 aromatic rings. The fraction of sp³-hybridized carbons (Fsp3) is 0.214. The summed E-state index contributed by atoms with van der Waals surface area (Å²) in [6, 6.07) is 8.09. The van der Waals surface area contributed by atoms with Gasteiger partial charge in [0.2, 0.25) is 0 Å². The Bertz CT molecular complexity index is 587. The number of nitrogens with one attached hydrogen (secondary N) is 2. The summed E-state index contributed by atoms with van der Waals surface area (Å²) < 4.78 is 1.95. The maximum Gasteiger partial charge on any atom is 0.186 e. The van der Waals surface area contributed by atoms with Crippen LogP contribution in [0.25, 0.3) is 5.69 Å². The first-order valence-electron chi connectivity index (χ1n) is 6.37. The molecule has 6 heteroatoms. The lowest BCUT2D eigenvalue weighted by atomic mass is 10.1. The zero-order valence-corrected chi connectivity index (χ0v) is 12.3. The number of hydrazone groups is 1. The number of benzene rings is 1. The van der Waals surface area contributed by atoms with Crippen LogP contribution in [0.5, 0.6) is 0 Å². The first-order valence-corrected chi connectivity index (χ1v) is 6.78. The third kappa shape index (κ3) is 3.64. The molecule has 1 aromatic heterocycles. The van der Waals surface area contributed by atoms with E-state index in [1.54, 1.807) is 12.5 Å². The van der Waals surface area contributed by atoms with Gasteiger partial charge in [0, 0.05) is 24.6 Å². The van der Waals surface area contributed by atoms with Crippen molar-refractivity contribution in [3.63, 3.8) is 0 Å². The van der Waals surface area contributed by atoms with Gasteiger partial charge in [-0.2, -0.15) is 5.10 Å². The molecule has 1 heterocycles. The molecule has 2 rings (SSSR count). The zero-order valence-electron chi connectivity index (χ0n) is 11.5. The van der Waals surface area contributed by atoms with E-state index >= 15 is 0 Å². The molecule has 0 fully saturated rings. The van der Waals surface area contributed by atoms with E-state index in [1.807, 2.05) is 48.9 Å². The largest absolute Gasteiger partial charge is 0.362 e. The summed E-state index contributed by atoms with van der Waals surface area (Å²) in [4.78, 5) is 4.03. The number of thiocarbonyl (C=S) groups is 1. The van der Waals surface area contributed by atoms with Gasteiger partial charge in [-0.1, -0.05) is 12.1 Å². The van der Waals surface area contributed by atoms with Crippen LogP contribution in [-0.2, 0) is 0 Å². The summed E-state index contributed by atoms with van der Waals surface area (Å²) in [5, 5.41) is 7.76. The van der Waals surface area contributed by atoms with Crippen LogP contribution in [0.2, 0.25) is 0 Å². The van der Waals surface area contributed by atoms with Gasteiger partial charge in [-0.25, -0.2) is 4.98 Å². The second-order valence-electron chi connectivity index (χ2n) is 4.19. The molecular weight excluding hydrogens is 270 g/mol. The van der Waals surface area contributed by atoms with Crippen molar-refractivity contribution in [3.8, 4) is 5.69 Å². The van der Waals surface area contributed by atoms with Crippen LogP contribution in [0.15, 0.2) is 48.1 Å². The molecule has 1 aromatic carbocycles. The van der Waals surface area contributed by atoms with E-state index in [2.05, 4.69) is 20.8 Å². The molecule has 0 saturated heterocycles. The van der Waals surface area contributed by atoms with E-state index in [4.69, 9.17) is 12.2 Å². The molecule has 0 aliphatic carbocycles. The Kier molecular flexibility index (Phi) is 4.84. The van der Waals surface area contributed by atoms with Crippen LogP contribution in [0, 0.1) is 0 Å². The van der Waals surface area contributed by atoms with Crippen LogP contribution in [0.1, 0.15) is 19.4 Å². The third-order valence-corrected chi connectivity index (χ3v) is 2.99. The highest BCUT2D eigenvalue weighted by Gasteiger charge is 2.00. The molecule has 5 nitrogen and oxygen atoms in total. The summed E-state index contributed by atoms with van der Waals surface area (Å²) in [5.74, 6) is 0. The van der Waals surface area contributed by atoms with Gasteiger partial charge in [-0.05, 0) is 43.8 Å². The fourth-order valence-corrected chi connectivity index (χ4v) is 1.88. The second-order valence-corrected chi connectivity index (χ2v) is 4.59. The number of nitrogens with zero attached hydrogens (tertiary/aromatic N) is 3. The van der Waals surface area contributed by atoms with Gasteiger partial charge in [0.1, 0.15) is 0 Å². The monoisotopic (exact) mass is 287 g/mol. The van der Waals surface area contributed by atoms with E-state index in [0.29, 0.717) is 5.11 Å². The van der Waals surface area contributed by atoms with Gasteiger partial charge < -0.3 is 9.88 Å². The maximum absolute atomic E-state index is 5.06. The number of imidazole rings is 1. The molecular formula is C14H17N5S. The zero-order chi connectivity index (χ0) is 14.4. The van der Waals surface area contributed by atoms with Crippen molar-refractivity contribution in [1.29, 1.82) is 0 Å². The summed E-state index contributed by atoms with van der Waals surface area (Å²) in [6.45, 7) is 4.70. The van der Waals surface area contributed by atoms with Gasteiger partial charge in [0.25, 0.3) is 0 Å². The predicted molar refractivity (Wildman–Crippen MR) is 85.2 cm³/mol. The fourth-order valence-electron chi connectivity index (χ4n) is 1.69. The Morgan fingerprint density at radius 2 is 2.10 bits per heavy atom. The van der Waals surface area contributed by atoms with E-state index < -0.39 is 0 Å². The quantitative estimate of drug-likeness (QED) is 0.513. The Morgan fingerprint density at radius 1 is 1.35 bits per heavy atom. The maximum atomic E-state index is 5.06. The molecule has 0 unspecified atom stereocenters. The molecule has 2 N–H and O–H groups in total. The normalized spacial score (nSPS) is 11.2. The van der Waals surface area contributed by atoms with E-state index in [0.717, 1.165) is 23.5 Å². The minimum Gasteiger partial charge on any atom is -0.362 e. The molecule has 0 radical (unpaired) electrons. The van der Waals surface area contributed by atoms with Crippen molar-refractivity contribution in [3.05, 3.63) is 48.5 Å². The van der Waals surface area contributed by atoms with Crippen molar-refractivity contribution in [1.82, 2.24) is 20.3 Å². The lowest BCUT2D eigenvalue weighted by molar-refractivity contribution is 0.900. The van der Waals surface area contributed by atoms with Crippen LogP contribution in [0.4, 0.5) is 0 Å². The van der Waals surface area contributed by atoms with Crippen molar-refractivity contribution in [2.45, 2.75) is 13.8 Å². The van der Waals surface area contributed by atoms with Gasteiger partial charge >= 0.3 is 0 Å². The van der Waals surface area contributed by atoms with Crippen molar-refractivity contribution < 1.29 is 0 Å². The number of rotatable bonds is 4. The van der Waals surface area contributed by atoms with Crippen LogP contribution >= 0.6 is 12.2 Å². The SMILES string of the molecule is CCNC(=S)NN=C(C)c1ccc(-n2ccnc2)cc1. The summed E-state index contributed by atoms with van der Waals surface area (Å²) in [5.41, 5.74) is 5.80. The molecule has 20 heavy (non-hydrogen) atoms. The lowest BCUT2D eigenvalue weighted by Crippen LogP contribution is -2.32. The van der Waals surface area contributed by atoms with Gasteiger partial charge in [0.15, 0.2) is 5.11 Å². The number of hydrogen-bond donors (Lipinski definition) is 2. The van der Waals surface area contributed by atoms with Gasteiger partial charge in [-0.15, -0.1) is 0 Å². The molecule has 0 bridgehead atoms. The first-order chi connectivity index (χ1) is 9.70. The molecule has 0 atom stereocenters. The molecule has 0 spiro atoms. The highest BCUT2D eigenvalue weighted by molar-refractivity contribution is 7.80. The lowest BCUT2D eigenvalue weighted by Gasteiger charge is -2.07. The molecule has 0 amide bonds. The Morgan fingerprint density at radius 3 is 2.70 bits per heavy atom. The third-order valence-electron chi connectivity index (χ3n) is 2.75. The summed E-state index contributed by atoms with van der Waals surface area (Å²) in [6.07, 6.45) is 5.44.